The van der Waals surface area contributed by atoms with E-state index in [9.17, 15) is 18.3 Å². The molecule has 0 radical (unpaired) electrons. The number of rotatable bonds is 12. The molecule has 0 heterocycles. The molecule has 0 aliphatic rings. The van der Waals surface area contributed by atoms with Crippen molar-refractivity contribution in [2.45, 2.75) is 24.3 Å². The molecule has 2 rings (SSSR count). The summed E-state index contributed by atoms with van der Waals surface area (Å²) in [6.07, 6.45) is 9.70. The number of nitrogens with zero attached hydrogens (tertiary/aromatic N) is 1. The van der Waals surface area contributed by atoms with Crippen LogP contribution in [0.2, 0.25) is 10.0 Å². The first-order chi connectivity index (χ1) is 17.5. The highest BCUT2D eigenvalue weighted by molar-refractivity contribution is 7.89. The second kappa shape index (κ2) is 16.6. The van der Waals surface area contributed by atoms with Gasteiger partial charge in [-0.15, -0.1) is 0 Å². The summed E-state index contributed by atoms with van der Waals surface area (Å²) in [5.74, 6) is -1.40. The van der Waals surface area contributed by atoms with Crippen LogP contribution in [0.3, 0.4) is 0 Å². The number of carbonyl (C=O) groups is 1. The van der Waals surface area contributed by atoms with Crippen molar-refractivity contribution in [2.75, 3.05) is 13.2 Å². The van der Waals surface area contributed by atoms with Crippen molar-refractivity contribution >= 4 is 45.9 Å². The SMILES string of the molecule is C=N/C=C\C=C/C.NCCCOc1cccc(S(=O)(=O)NC(C=CC(=O)O)c2cc(Cl)cc(Cl)c2O)c1. The number of nitrogens with one attached hydrogen (secondary N) is 1. The molecule has 200 valence electrons. The number of benzene rings is 2. The number of aliphatic carboxylic acids is 1. The molecule has 2 aromatic rings. The minimum absolute atomic E-state index is 0.0103. The topological polar surface area (TPSA) is 151 Å². The minimum atomic E-state index is -4.15. The van der Waals surface area contributed by atoms with E-state index in [4.69, 9.17) is 38.8 Å². The standard InChI is InChI=1S/C19H20Cl2N2O6S.C6H9N/c20-12-9-15(19(26)16(21)10-12)17(5-6-18(24)25)23-30(27,28)14-4-1-3-13(11-14)29-8-2-7-22;1-3-4-5-6-7-2/h1,3-6,9-11,17,23,26H,2,7-8,22H2,(H,24,25);3-6H,2H2,1H3/b;4-3-,6-5-. The van der Waals surface area contributed by atoms with Crippen molar-refractivity contribution in [2.24, 2.45) is 10.7 Å². The van der Waals surface area contributed by atoms with Gasteiger partial charge in [-0.2, -0.15) is 4.72 Å². The number of phenolic OH excluding ortho intramolecular Hbond substituents is 1. The summed E-state index contributed by atoms with van der Waals surface area (Å²) < 4.78 is 33.6. The Kier molecular flexibility index (Phi) is 14.3. The van der Waals surface area contributed by atoms with E-state index in [1.54, 1.807) is 12.3 Å². The van der Waals surface area contributed by atoms with Gasteiger partial charge in [0.1, 0.15) is 11.5 Å². The van der Waals surface area contributed by atoms with Gasteiger partial charge in [0.25, 0.3) is 0 Å². The van der Waals surface area contributed by atoms with Crippen molar-refractivity contribution in [1.29, 1.82) is 0 Å². The van der Waals surface area contributed by atoms with E-state index < -0.39 is 27.8 Å². The van der Waals surface area contributed by atoms with Crippen LogP contribution in [0.4, 0.5) is 0 Å². The number of halogens is 2. The predicted octanol–water partition coefficient (Wildman–Crippen LogP) is 4.86. The number of hydrogen-bond acceptors (Lipinski definition) is 7. The van der Waals surface area contributed by atoms with Gasteiger partial charge in [0, 0.05) is 28.9 Å². The molecule has 37 heavy (non-hydrogen) atoms. The number of hydrogen-bond donors (Lipinski definition) is 4. The molecule has 0 saturated carbocycles. The van der Waals surface area contributed by atoms with E-state index >= 15 is 0 Å². The van der Waals surface area contributed by atoms with Gasteiger partial charge in [-0.25, -0.2) is 13.2 Å². The van der Waals surface area contributed by atoms with E-state index in [0.717, 1.165) is 12.2 Å². The Labute approximate surface area is 226 Å². The maximum Gasteiger partial charge on any atom is 0.328 e. The molecule has 0 aromatic heterocycles. The largest absolute Gasteiger partial charge is 0.506 e. The molecule has 12 heteroatoms. The second-order valence-electron chi connectivity index (χ2n) is 7.14. The number of ether oxygens (including phenoxy) is 1. The normalized spacial score (nSPS) is 12.4. The number of carboxylic acid groups (broad SMARTS) is 1. The highest BCUT2D eigenvalue weighted by atomic mass is 35.5. The Bertz CT molecular complexity index is 1250. The van der Waals surface area contributed by atoms with Gasteiger partial charge in [-0.1, -0.05) is 47.5 Å². The van der Waals surface area contributed by atoms with Crippen molar-refractivity contribution in [3.05, 3.63) is 88.6 Å². The monoisotopic (exact) mass is 569 g/mol. The summed E-state index contributed by atoms with van der Waals surface area (Å²) >= 11 is 11.9. The van der Waals surface area contributed by atoms with Crippen LogP contribution in [0.25, 0.3) is 0 Å². The maximum atomic E-state index is 12.9. The van der Waals surface area contributed by atoms with Crippen molar-refractivity contribution in [3.63, 3.8) is 0 Å². The summed E-state index contributed by atoms with van der Waals surface area (Å²) in [6.45, 7) is 5.97. The molecule has 0 saturated heterocycles. The van der Waals surface area contributed by atoms with Crippen LogP contribution >= 0.6 is 23.2 Å². The first-order valence-electron chi connectivity index (χ1n) is 10.8. The van der Waals surface area contributed by atoms with E-state index in [1.165, 1.54) is 30.3 Å². The average molecular weight is 570 g/mol. The van der Waals surface area contributed by atoms with E-state index in [-0.39, 0.29) is 20.5 Å². The Morgan fingerprint density at radius 2 is 2.00 bits per heavy atom. The molecule has 0 aliphatic heterocycles. The number of aromatic hydroxyl groups is 1. The Morgan fingerprint density at radius 3 is 2.62 bits per heavy atom. The fraction of sp³-hybridized carbons (Fsp3) is 0.200. The van der Waals surface area contributed by atoms with Gasteiger partial charge in [0.05, 0.1) is 22.6 Å². The van der Waals surface area contributed by atoms with Crippen LogP contribution in [0.1, 0.15) is 24.9 Å². The molecule has 9 nitrogen and oxygen atoms in total. The van der Waals surface area contributed by atoms with Crippen molar-refractivity contribution < 1.29 is 28.2 Å². The van der Waals surface area contributed by atoms with E-state index in [0.29, 0.717) is 25.3 Å². The fourth-order valence-corrected chi connectivity index (χ4v) is 4.38. The zero-order chi connectivity index (χ0) is 27.8. The number of allylic oxidation sites excluding steroid dienone is 3. The third-order valence-electron chi connectivity index (χ3n) is 4.33. The van der Waals surface area contributed by atoms with Crippen molar-refractivity contribution in [3.8, 4) is 11.5 Å². The highest BCUT2D eigenvalue weighted by Crippen LogP contribution is 2.36. The first kappa shape index (κ1) is 31.9. The number of sulfonamides is 1. The van der Waals surface area contributed by atoms with E-state index in [1.807, 2.05) is 25.2 Å². The van der Waals surface area contributed by atoms with Gasteiger partial charge in [-0.05, 0) is 56.9 Å². The third-order valence-corrected chi connectivity index (χ3v) is 6.28. The zero-order valence-electron chi connectivity index (χ0n) is 20.1. The van der Waals surface area contributed by atoms with Gasteiger partial charge in [0.15, 0.2) is 0 Å². The molecule has 0 amide bonds. The fourth-order valence-electron chi connectivity index (χ4n) is 2.67. The quantitative estimate of drug-likeness (QED) is 0.123. The Morgan fingerprint density at radius 1 is 1.27 bits per heavy atom. The molecule has 0 fully saturated rings. The first-order valence-corrected chi connectivity index (χ1v) is 13.1. The average Bonchev–Trinajstić information content (AvgIpc) is 2.85. The molecule has 2 aromatic carbocycles. The van der Waals surface area contributed by atoms with Gasteiger partial charge < -0.3 is 20.7 Å². The summed E-state index contributed by atoms with van der Waals surface area (Å²) in [5.41, 5.74) is 5.40. The van der Waals surface area contributed by atoms with Crippen LogP contribution in [-0.4, -0.2) is 44.5 Å². The number of nitrogens with two attached hydrogens (primary N) is 1. The molecule has 1 atom stereocenters. The molecule has 1 unspecified atom stereocenters. The lowest BCUT2D eigenvalue weighted by Gasteiger charge is -2.18. The van der Waals surface area contributed by atoms with E-state index in [2.05, 4.69) is 16.4 Å². The Balaban J connectivity index is 0.000000856. The smallest absolute Gasteiger partial charge is 0.328 e. The molecule has 0 spiro atoms. The minimum Gasteiger partial charge on any atom is -0.506 e. The third kappa shape index (κ3) is 11.6. The van der Waals surface area contributed by atoms with Gasteiger partial charge >= 0.3 is 5.97 Å². The van der Waals surface area contributed by atoms with Crippen LogP contribution < -0.4 is 15.2 Å². The van der Waals surface area contributed by atoms with Gasteiger partial charge in [-0.3, -0.25) is 4.99 Å². The molecule has 0 aliphatic carbocycles. The molecule has 0 bridgehead atoms. The molecular formula is C25H29Cl2N3O6S. The summed E-state index contributed by atoms with van der Waals surface area (Å²) in [7, 11) is -4.15. The van der Waals surface area contributed by atoms with Crippen molar-refractivity contribution in [1.82, 2.24) is 4.72 Å². The lowest BCUT2D eigenvalue weighted by Crippen LogP contribution is -2.28. The second-order valence-corrected chi connectivity index (χ2v) is 9.69. The predicted molar refractivity (Wildman–Crippen MR) is 147 cm³/mol. The summed E-state index contributed by atoms with van der Waals surface area (Å²) in [6, 6.07) is 7.07. The molecule has 5 N–H and O–H groups in total. The number of carboxylic acids is 1. The molecular weight excluding hydrogens is 541 g/mol. The van der Waals surface area contributed by atoms with Crippen LogP contribution in [-0.2, 0) is 14.8 Å². The summed E-state index contributed by atoms with van der Waals surface area (Å²) in [4.78, 5) is 14.3. The Hall–Kier alpha value is -3.15. The van der Waals surface area contributed by atoms with Crippen LogP contribution in [0.5, 0.6) is 11.5 Å². The zero-order valence-corrected chi connectivity index (χ0v) is 22.4. The summed E-state index contributed by atoms with van der Waals surface area (Å²) in [5, 5.41) is 19.2. The lowest BCUT2D eigenvalue weighted by atomic mass is 10.1. The number of phenols is 1. The lowest BCUT2D eigenvalue weighted by molar-refractivity contribution is -0.131. The number of aliphatic imine (C=N–C) groups is 1. The maximum absolute atomic E-state index is 12.9. The van der Waals surface area contributed by atoms with Gasteiger partial charge in [0.2, 0.25) is 10.0 Å². The van der Waals surface area contributed by atoms with Crippen LogP contribution in [0.15, 0.2) is 82.9 Å². The van der Waals surface area contributed by atoms with Crippen LogP contribution in [0, 0.1) is 0 Å². The highest BCUT2D eigenvalue weighted by Gasteiger charge is 2.24.